The third-order valence-corrected chi connectivity index (χ3v) is 5.27. The van der Waals surface area contributed by atoms with E-state index in [4.69, 9.17) is 4.74 Å². The second kappa shape index (κ2) is 9.19. The Morgan fingerprint density at radius 2 is 1.92 bits per heavy atom. The van der Waals surface area contributed by atoms with Crippen LogP contribution in [0.4, 0.5) is 0 Å². The Kier molecular flexibility index (Phi) is 6.69. The monoisotopic (exact) mass is 416 g/mol. The summed E-state index contributed by atoms with van der Waals surface area (Å²) in [5.74, 6) is 0.641. The minimum Gasteiger partial charge on any atom is -0.483 e. The second-order valence-electron chi connectivity index (χ2n) is 6.83. The smallest absolute Gasteiger partial charge is 0.258 e. The maximum Gasteiger partial charge on any atom is 0.258 e. The van der Waals surface area contributed by atoms with Crippen LogP contribution in [-0.2, 0) is 11.3 Å². The Morgan fingerprint density at radius 3 is 2.62 bits per heavy atom. The highest BCUT2D eigenvalue weighted by molar-refractivity contribution is 9.10. The molecule has 1 aliphatic rings. The van der Waals surface area contributed by atoms with Crippen LogP contribution in [0.15, 0.2) is 53.0 Å². The highest BCUT2D eigenvalue weighted by Crippen LogP contribution is 2.25. The molecule has 0 atom stereocenters. The minimum absolute atomic E-state index is 0.0475. The van der Waals surface area contributed by atoms with Crippen molar-refractivity contribution in [1.82, 2.24) is 10.2 Å². The predicted molar refractivity (Wildman–Crippen MR) is 107 cm³/mol. The maximum atomic E-state index is 12.2. The van der Waals surface area contributed by atoms with Crippen molar-refractivity contribution in [3.8, 4) is 5.75 Å². The van der Waals surface area contributed by atoms with Gasteiger partial charge in [-0.05, 0) is 59.0 Å². The summed E-state index contributed by atoms with van der Waals surface area (Å²) >= 11 is 3.47. The Morgan fingerprint density at radius 1 is 1.19 bits per heavy atom. The lowest BCUT2D eigenvalue weighted by atomic mass is 10.0. The number of piperidine rings is 1. The topological polar surface area (TPSA) is 41.6 Å². The van der Waals surface area contributed by atoms with Crippen molar-refractivity contribution in [2.75, 3.05) is 19.7 Å². The van der Waals surface area contributed by atoms with Crippen LogP contribution >= 0.6 is 15.9 Å². The van der Waals surface area contributed by atoms with Gasteiger partial charge in [-0.1, -0.05) is 36.4 Å². The van der Waals surface area contributed by atoms with Gasteiger partial charge in [0.2, 0.25) is 0 Å². The molecule has 0 radical (unpaired) electrons. The van der Waals surface area contributed by atoms with Gasteiger partial charge in [0.05, 0.1) is 4.47 Å². The number of halogens is 1. The molecule has 1 amide bonds. The number of likely N-dealkylation sites (tertiary alicyclic amines) is 1. The van der Waals surface area contributed by atoms with E-state index in [1.54, 1.807) is 0 Å². The van der Waals surface area contributed by atoms with E-state index in [2.05, 4.69) is 50.4 Å². The lowest BCUT2D eigenvalue weighted by Gasteiger charge is -2.32. The number of rotatable bonds is 6. The van der Waals surface area contributed by atoms with Crippen LogP contribution in [0.25, 0.3) is 0 Å². The average Bonchev–Trinajstić information content (AvgIpc) is 2.63. The molecule has 0 spiro atoms. The van der Waals surface area contributed by atoms with Crippen molar-refractivity contribution >= 4 is 21.8 Å². The number of nitrogens with one attached hydrogen (secondary N) is 1. The Bertz CT molecular complexity index is 728. The highest BCUT2D eigenvalue weighted by Gasteiger charge is 2.21. The summed E-state index contributed by atoms with van der Waals surface area (Å²) in [7, 11) is 0. The summed E-state index contributed by atoms with van der Waals surface area (Å²) in [6.45, 7) is 5.05. The van der Waals surface area contributed by atoms with E-state index in [0.29, 0.717) is 5.75 Å². The molecule has 1 N–H and O–H groups in total. The summed E-state index contributed by atoms with van der Waals surface area (Å²) in [5.41, 5.74) is 2.49. The van der Waals surface area contributed by atoms with Crippen LogP contribution in [-0.4, -0.2) is 36.5 Å². The molecule has 0 saturated carbocycles. The number of carbonyl (C=O) groups is 1. The normalized spacial score (nSPS) is 15.6. The minimum atomic E-state index is -0.0565. The van der Waals surface area contributed by atoms with Gasteiger partial charge >= 0.3 is 0 Å². The van der Waals surface area contributed by atoms with Gasteiger partial charge < -0.3 is 10.1 Å². The fourth-order valence-corrected chi connectivity index (χ4v) is 3.82. The fourth-order valence-electron chi connectivity index (χ4n) is 3.21. The van der Waals surface area contributed by atoms with Gasteiger partial charge in [-0.3, -0.25) is 9.69 Å². The molecule has 0 bridgehead atoms. The lowest BCUT2D eigenvalue weighted by molar-refractivity contribution is -0.124. The van der Waals surface area contributed by atoms with Crippen molar-refractivity contribution in [3.05, 3.63) is 64.1 Å². The van der Waals surface area contributed by atoms with Crippen LogP contribution in [0, 0.1) is 6.92 Å². The molecule has 26 heavy (non-hydrogen) atoms. The van der Waals surface area contributed by atoms with Crippen LogP contribution in [0.3, 0.4) is 0 Å². The molecule has 2 aromatic rings. The highest BCUT2D eigenvalue weighted by atomic mass is 79.9. The molecule has 2 aromatic carbocycles. The first-order chi connectivity index (χ1) is 12.6. The van der Waals surface area contributed by atoms with Crippen LogP contribution in [0.2, 0.25) is 0 Å². The second-order valence-corrected chi connectivity index (χ2v) is 7.68. The number of ether oxygens (including phenoxy) is 1. The quantitative estimate of drug-likeness (QED) is 0.775. The predicted octanol–water partition coefficient (Wildman–Crippen LogP) is 3.92. The Hall–Kier alpha value is -1.85. The maximum absolute atomic E-state index is 12.2. The standard InChI is InChI=1S/C21H25BrN2O2/c1-16-7-8-20(19(22)13-16)26-15-21(25)23-18-9-11-24(12-10-18)14-17-5-3-2-4-6-17/h2-8,13,18H,9-12,14-15H2,1H3,(H,23,25). The van der Waals surface area contributed by atoms with Gasteiger partial charge in [-0.2, -0.15) is 0 Å². The summed E-state index contributed by atoms with van der Waals surface area (Å²) in [5, 5.41) is 3.10. The number of amides is 1. The van der Waals surface area contributed by atoms with Crippen molar-refractivity contribution in [2.24, 2.45) is 0 Å². The number of hydrogen-bond donors (Lipinski definition) is 1. The summed E-state index contributed by atoms with van der Waals surface area (Å²) in [6, 6.07) is 16.6. The van der Waals surface area contributed by atoms with Gasteiger partial charge in [0.25, 0.3) is 5.91 Å². The summed E-state index contributed by atoms with van der Waals surface area (Å²) in [6.07, 6.45) is 1.96. The van der Waals surface area contributed by atoms with E-state index in [9.17, 15) is 4.79 Å². The first-order valence-electron chi connectivity index (χ1n) is 9.05. The molecule has 1 aliphatic heterocycles. The first kappa shape index (κ1) is 18.9. The molecule has 5 heteroatoms. The molecule has 0 aliphatic carbocycles. The molecule has 138 valence electrons. The number of carbonyl (C=O) groups excluding carboxylic acids is 1. The molecule has 3 rings (SSSR count). The van der Waals surface area contributed by atoms with Gasteiger partial charge in [0.1, 0.15) is 5.75 Å². The van der Waals surface area contributed by atoms with Crippen LogP contribution < -0.4 is 10.1 Å². The molecule has 0 aromatic heterocycles. The largest absolute Gasteiger partial charge is 0.483 e. The number of nitrogens with zero attached hydrogens (tertiary/aromatic N) is 1. The zero-order chi connectivity index (χ0) is 18.4. The lowest BCUT2D eigenvalue weighted by Crippen LogP contribution is -2.45. The summed E-state index contributed by atoms with van der Waals surface area (Å²) < 4.78 is 6.50. The molecule has 1 heterocycles. The van der Waals surface area contributed by atoms with E-state index in [-0.39, 0.29) is 18.6 Å². The van der Waals surface area contributed by atoms with E-state index < -0.39 is 0 Å². The van der Waals surface area contributed by atoms with E-state index in [1.165, 1.54) is 5.56 Å². The van der Waals surface area contributed by atoms with E-state index in [1.807, 2.05) is 31.2 Å². The van der Waals surface area contributed by atoms with Crippen LogP contribution in [0.5, 0.6) is 5.75 Å². The molecular weight excluding hydrogens is 392 g/mol. The zero-order valence-electron chi connectivity index (χ0n) is 15.1. The van der Waals surface area contributed by atoms with E-state index in [0.717, 1.165) is 42.5 Å². The first-order valence-corrected chi connectivity index (χ1v) is 9.84. The van der Waals surface area contributed by atoms with Crippen molar-refractivity contribution < 1.29 is 9.53 Å². The molecular formula is C21H25BrN2O2. The van der Waals surface area contributed by atoms with Gasteiger partial charge in [-0.25, -0.2) is 0 Å². The molecule has 1 saturated heterocycles. The van der Waals surface area contributed by atoms with Crippen LogP contribution in [0.1, 0.15) is 24.0 Å². The third-order valence-electron chi connectivity index (χ3n) is 4.65. The number of aryl methyl sites for hydroxylation is 1. The van der Waals surface area contributed by atoms with Crippen molar-refractivity contribution in [3.63, 3.8) is 0 Å². The van der Waals surface area contributed by atoms with Gasteiger partial charge in [0.15, 0.2) is 6.61 Å². The average molecular weight is 417 g/mol. The SMILES string of the molecule is Cc1ccc(OCC(=O)NC2CCN(Cc3ccccc3)CC2)c(Br)c1. The molecule has 1 fully saturated rings. The fraction of sp³-hybridized carbons (Fsp3) is 0.381. The van der Waals surface area contributed by atoms with E-state index >= 15 is 0 Å². The van der Waals surface area contributed by atoms with Crippen molar-refractivity contribution in [1.29, 1.82) is 0 Å². The Labute approximate surface area is 163 Å². The molecule has 0 unspecified atom stereocenters. The van der Waals surface area contributed by atoms with Crippen molar-refractivity contribution in [2.45, 2.75) is 32.4 Å². The zero-order valence-corrected chi connectivity index (χ0v) is 16.7. The van der Waals surface area contributed by atoms with Gasteiger partial charge in [0, 0.05) is 25.7 Å². The third kappa shape index (κ3) is 5.58. The summed E-state index contributed by atoms with van der Waals surface area (Å²) in [4.78, 5) is 14.6. The number of benzene rings is 2. The number of hydrogen-bond acceptors (Lipinski definition) is 3. The molecule has 4 nitrogen and oxygen atoms in total. The Balaban J connectivity index is 1.39. The van der Waals surface area contributed by atoms with Gasteiger partial charge in [-0.15, -0.1) is 0 Å².